The standard InChI is InChI=1S/C19H19Cl2NO3/c1-24-15-7-4-13(5-8-15)17-3-2-10-22(17)19(23)12-25-18-9-6-14(20)11-16(18)21/h4-9,11,17H,2-3,10,12H2,1H3/t17-/m0/s1. The Bertz CT molecular complexity index is 749. The summed E-state index contributed by atoms with van der Waals surface area (Å²) in [6.07, 6.45) is 1.92. The highest BCUT2D eigenvalue weighted by atomic mass is 35.5. The van der Waals surface area contributed by atoms with Crippen LogP contribution in [-0.4, -0.2) is 31.1 Å². The Kier molecular flexibility index (Phi) is 5.71. The van der Waals surface area contributed by atoms with E-state index < -0.39 is 0 Å². The quantitative estimate of drug-likeness (QED) is 0.752. The maximum Gasteiger partial charge on any atom is 0.261 e. The number of methoxy groups -OCH3 is 1. The molecule has 1 atom stereocenters. The van der Waals surface area contributed by atoms with Gasteiger partial charge in [0.25, 0.3) is 5.91 Å². The Balaban J connectivity index is 1.65. The summed E-state index contributed by atoms with van der Waals surface area (Å²) in [4.78, 5) is 14.5. The fourth-order valence-electron chi connectivity index (χ4n) is 3.05. The van der Waals surface area contributed by atoms with Crippen LogP contribution in [0.15, 0.2) is 42.5 Å². The van der Waals surface area contributed by atoms with E-state index in [0.29, 0.717) is 15.8 Å². The zero-order chi connectivity index (χ0) is 17.8. The predicted molar refractivity (Wildman–Crippen MR) is 98.6 cm³/mol. The van der Waals surface area contributed by atoms with E-state index in [1.165, 1.54) is 0 Å². The van der Waals surface area contributed by atoms with Crippen LogP contribution >= 0.6 is 23.2 Å². The molecule has 0 saturated carbocycles. The highest BCUT2D eigenvalue weighted by Crippen LogP contribution is 2.33. The van der Waals surface area contributed by atoms with E-state index in [0.717, 1.165) is 30.7 Å². The van der Waals surface area contributed by atoms with Gasteiger partial charge in [-0.1, -0.05) is 35.3 Å². The smallest absolute Gasteiger partial charge is 0.261 e. The minimum absolute atomic E-state index is 0.0476. The Labute approximate surface area is 157 Å². The molecular formula is C19H19Cl2NO3. The molecule has 1 aliphatic rings. The highest BCUT2D eigenvalue weighted by Gasteiger charge is 2.30. The average Bonchev–Trinajstić information content (AvgIpc) is 3.10. The van der Waals surface area contributed by atoms with Gasteiger partial charge in [0.15, 0.2) is 6.61 Å². The topological polar surface area (TPSA) is 38.8 Å². The number of carbonyl (C=O) groups excluding carboxylic acids is 1. The molecule has 4 nitrogen and oxygen atoms in total. The predicted octanol–water partition coefficient (Wildman–Crippen LogP) is 4.74. The summed E-state index contributed by atoms with van der Waals surface area (Å²) in [6.45, 7) is 0.682. The Morgan fingerprint density at radius 2 is 1.96 bits per heavy atom. The maximum atomic E-state index is 12.6. The van der Waals surface area contributed by atoms with Crippen LogP contribution in [0.2, 0.25) is 10.0 Å². The van der Waals surface area contributed by atoms with Crippen LogP contribution < -0.4 is 9.47 Å². The molecule has 6 heteroatoms. The fraction of sp³-hybridized carbons (Fsp3) is 0.316. The molecule has 1 fully saturated rings. The molecule has 3 rings (SSSR count). The normalized spacial score (nSPS) is 16.8. The molecule has 132 valence electrons. The first-order chi connectivity index (χ1) is 12.1. The van der Waals surface area contributed by atoms with Crippen molar-refractivity contribution in [1.29, 1.82) is 0 Å². The first-order valence-electron chi connectivity index (χ1n) is 8.10. The Morgan fingerprint density at radius 1 is 1.20 bits per heavy atom. The number of amides is 1. The fourth-order valence-corrected chi connectivity index (χ4v) is 3.52. The number of hydrogen-bond acceptors (Lipinski definition) is 3. The second-order valence-corrected chi connectivity index (χ2v) is 6.73. The molecule has 1 saturated heterocycles. The van der Waals surface area contributed by atoms with Crippen LogP contribution in [0, 0.1) is 0 Å². The van der Waals surface area contributed by atoms with Crippen LogP contribution in [0.3, 0.4) is 0 Å². The maximum absolute atomic E-state index is 12.6. The van der Waals surface area contributed by atoms with Crippen LogP contribution in [0.1, 0.15) is 24.4 Å². The third-order valence-corrected chi connectivity index (χ3v) is 4.85. The Morgan fingerprint density at radius 3 is 2.64 bits per heavy atom. The number of hydrogen-bond donors (Lipinski definition) is 0. The molecule has 1 amide bonds. The van der Waals surface area contributed by atoms with E-state index in [1.807, 2.05) is 29.2 Å². The molecule has 0 N–H and O–H groups in total. The number of ether oxygens (including phenoxy) is 2. The van der Waals surface area contributed by atoms with Gasteiger partial charge in [0.05, 0.1) is 18.2 Å². The van der Waals surface area contributed by atoms with Crippen LogP contribution in [-0.2, 0) is 4.79 Å². The van der Waals surface area contributed by atoms with Gasteiger partial charge in [0, 0.05) is 11.6 Å². The third-order valence-electron chi connectivity index (χ3n) is 4.32. The van der Waals surface area contributed by atoms with Gasteiger partial charge in [-0.15, -0.1) is 0 Å². The van der Waals surface area contributed by atoms with Gasteiger partial charge in [0.1, 0.15) is 11.5 Å². The van der Waals surface area contributed by atoms with Crippen LogP contribution in [0.4, 0.5) is 0 Å². The number of benzene rings is 2. The van der Waals surface area contributed by atoms with Gasteiger partial charge in [-0.05, 0) is 48.7 Å². The van der Waals surface area contributed by atoms with E-state index in [-0.39, 0.29) is 18.6 Å². The molecule has 0 unspecified atom stereocenters. The molecule has 25 heavy (non-hydrogen) atoms. The van der Waals surface area contributed by atoms with Gasteiger partial charge in [-0.2, -0.15) is 0 Å². The molecule has 0 aromatic heterocycles. The second kappa shape index (κ2) is 7.98. The van der Waals surface area contributed by atoms with Crippen molar-refractivity contribution in [2.24, 2.45) is 0 Å². The summed E-state index contributed by atoms with van der Waals surface area (Å²) in [7, 11) is 1.64. The number of likely N-dealkylation sites (tertiary alicyclic amines) is 1. The van der Waals surface area contributed by atoms with Crippen molar-refractivity contribution in [1.82, 2.24) is 4.90 Å². The third kappa shape index (κ3) is 4.20. The average molecular weight is 380 g/mol. The molecule has 0 radical (unpaired) electrons. The van der Waals surface area contributed by atoms with Crippen molar-refractivity contribution >= 4 is 29.1 Å². The van der Waals surface area contributed by atoms with E-state index >= 15 is 0 Å². The number of carbonyl (C=O) groups is 1. The van der Waals surface area contributed by atoms with Crippen molar-refractivity contribution in [2.45, 2.75) is 18.9 Å². The van der Waals surface area contributed by atoms with Crippen molar-refractivity contribution in [3.63, 3.8) is 0 Å². The summed E-state index contributed by atoms with van der Waals surface area (Å²) in [6, 6.07) is 12.9. The molecule has 2 aromatic carbocycles. The minimum Gasteiger partial charge on any atom is -0.497 e. The number of rotatable bonds is 5. The lowest BCUT2D eigenvalue weighted by Gasteiger charge is -2.25. The van der Waals surface area contributed by atoms with Gasteiger partial charge < -0.3 is 14.4 Å². The molecule has 0 spiro atoms. The molecule has 0 bridgehead atoms. The lowest BCUT2D eigenvalue weighted by molar-refractivity contribution is -0.134. The van der Waals surface area contributed by atoms with Gasteiger partial charge in [-0.3, -0.25) is 4.79 Å². The van der Waals surface area contributed by atoms with Gasteiger partial charge in [-0.25, -0.2) is 0 Å². The lowest BCUT2D eigenvalue weighted by atomic mass is 10.0. The first kappa shape index (κ1) is 17.9. The van der Waals surface area contributed by atoms with Crippen molar-refractivity contribution in [2.75, 3.05) is 20.3 Å². The van der Waals surface area contributed by atoms with E-state index in [9.17, 15) is 4.79 Å². The van der Waals surface area contributed by atoms with Crippen molar-refractivity contribution in [3.05, 3.63) is 58.1 Å². The molecular weight excluding hydrogens is 361 g/mol. The number of nitrogens with zero attached hydrogens (tertiary/aromatic N) is 1. The van der Waals surface area contributed by atoms with Crippen LogP contribution in [0.5, 0.6) is 11.5 Å². The monoisotopic (exact) mass is 379 g/mol. The molecule has 2 aromatic rings. The summed E-state index contributed by atoms with van der Waals surface area (Å²) < 4.78 is 10.8. The summed E-state index contributed by atoms with van der Waals surface area (Å²) in [5.74, 6) is 1.21. The molecule has 0 aliphatic carbocycles. The van der Waals surface area contributed by atoms with Crippen molar-refractivity contribution < 1.29 is 14.3 Å². The van der Waals surface area contributed by atoms with E-state index in [2.05, 4.69) is 0 Å². The largest absolute Gasteiger partial charge is 0.497 e. The van der Waals surface area contributed by atoms with Gasteiger partial charge >= 0.3 is 0 Å². The summed E-state index contributed by atoms with van der Waals surface area (Å²) in [5, 5.41) is 0.927. The first-order valence-corrected chi connectivity index (χ1v) is 8.85. The van der Waals surface area contributed by atoms with Crippen molar-refractivity contribution in [3.8, 4) is 11.5 Å². The Hall–Kier alpha value is -1.91. The second-order valence-electron chi connectivity index (χ2n) is 5.88. The van der Waals surface area contributed by atoms with E-state index in [4.69, 9.17) is 32.7 Å². The number of halogens is 2. The van der Waals surface area contributed by atoms with Gasteiger partial charge in [0.2, 0.25) is 0 Å². The summed E-state index contributed by atoms with van der Waals surface area (Å²) >= 11 is 11.9. The summed E-state index contributed by atoms with van der Waals surface area (Å²) in [5.41, 5.74) is 1.11. The minimum atomic E-state index is -0.0515. The molecule has 1 aliphatic heterocycles. The zero-order valence-corrected chi connectivity index (χ0v) is 15.4. The SMILES string of the molecule is COc1ccc([C@@H]2CCCN2C(=O)COc2ccc(Cl)cc2Cl)cc1. The zero-order valence-electron chi connectivity index (χ0n) is 13.9. The highest BCUT2D eigenvalue weighted by molar-refractivity contribution is 6.35. The van der Waals surface area contributed by atoms with E-state index in [1.54, 1.807) is 25.3 Å². The molecule has 1 heterocycles. The lowest BCUT2D eigenvalue weighted by Crippen LogP contribution is -2.34. The van der Waals surface area contributed by atoms with Crippen LogP contribution in [0.25, 0.3) is 0 Å².